The van der Waals surface area contributed by atoms with Gasteiger partial charge in [0, 0.05) is 0 Å². The predicted molar refractivity (Wildman–Crippen MR) is 50.5 cm³/mol. The van der Waals surface area contributed by atoms with Gasteiger partial charge in [-0.3, -0.25) is 4.79 Å². The highest BCUT2D eigenvalue weighted by Crippen LogP contribution is 2.15. The van der Waals surface area contributed by atoms with E-state index in [2.05, 4.69) is 5.32 Å². The third-order valence-electron chi connectivity index (χ3n) is 1.49. The molecule has 1 N–H and O–H groups in total. The Labute approximate surface area is 85.1 Å². The Morgan fingerprint density at radius 2 is 2.36 bits per heavy atom. The molecule has 1 amide bonds. The van der Waals surface area contributed by atoms with Gasteiger partial charge in [0.15, 0.2) is 0 Å². The summed E-state index contributed by atoms with van der Waals surface area (Å²) in [5.74, 6) is -1.36. The van der Waals surface area contributed by atoms with Gasteiger partial charge in [-0.15, -0.1) is 11.6 Å². The molecule has 0 heterocycles. The van der Waals surface area contributed by atoms with Gasteiger partial charge in [0.1, 0.15) is 11.7 Å². The first-order valence-electron chi connectivity index (χ1n) is 3.73. The van der Waals surface area contributed by atoms with Gasteiger partial charge in [-0.1, -0.05) is 0 Å². The number of nitrogens with zero attached hydrogens (tertiary/aromatic N) is 1. The van der Waals surface area contributed by atoms with Crippen molar-refractivity contribution in [3.63, 3.8) is 0 Å². The molecule has 0 bridgehead atoms. The van der Waals surface area contributed by atoms with Crippen molar-refractivity contribution in [2.75, 3.05) is 11.2 Å². The fourth-order valence-electron chi connectivity index (χ4n) is 0.874. The Morgan fingerprint density at radius 1 is 1.64 bits per heavy atom. The quantitative estimate of drug-likeness (QED) is 0.761. The average Bonchev–Trinajstić information content (AvgIpc) is 2.21. The molecule has 14 heavy (non-hydrogen) atoms. The fraction of sp³-hybridized carbons (Fsp3) is 0.111. The van der Waals surface area contributed by atoms with Crippen molar-refractivity contribution in [3.8, 4) is 6.07 Å². The van der Waals surface area contributed by atoms with Crippen LogP contribution in [0.25, 0.3) is 0 Å². The van der Waals surface area contributed by atoms with Crippen molar-refractivity contribution in [2.45, 2.75) is 0 Å². The Balaban J connectivity index is 2.96. The molecule has 0 aromatic heterocycles. The van der Waals surface area contributed by atoms with Crippen molar-refractivity contribution in [2.24, 2.45) is 0 Å². The number of alkyl halides is 1. The molecule has 1 rings (SSSR count). The first kappa shape index (κ1) is 10.5. The van der Waals surface area contributed by atoms with Crippen LogP contribution in [-0.2, 0) is 4.79 Å². The molecule has 5 heteroatoms. The molecule has 0 saturated carbocycles. The lowest BCUT2D eigenvalue weighted by Gasteiger charge is -2.03. The second-order valence-corrected chi connectivity index (χ2v) is 2.76. The normalized spacial score (nSPS) is 9.21. The van der Waals surface area contributed by atoms with Crippen molar-refractivity contribution >= 4 is 23.2 Å². The zero-order valence-electron chi connectivity index (χ0n) is 7.05. The summed E-state index contributed by atoms with van der Waals surface area (Å²) >= 11 is 5.23. The number of hydrogen-bond donors (Lipinski definition) is 1. The van der Waals surface area contributed by atoms with E-state index in [1.165, 1.54) is 12.1 Å². The maximum absolute atomic E-state index is 13.0. The number of carbonyl (C=O) groups is 1. The van der Waals surface area contributed by atoms with E-state index in [-0.39, 0.29) is 17.1 Å². The number of nitriles is 1. The van der Waals surface area contributed by atoms with Crippen LogP contribution in [0.5, 0.6) is 0 Å². The minimum atomic E-state index is -0.595. The number of hydrogen-bond acceptors (Lipinski definition) is 2. The van der Waals surface area contributed by atoms with E-state index < -0.39 is 11.7 Å². The molecule has 0 spiro atoms. The van der Waals surface area contributed by atoms with E-state index >= 15 is 0 Å². The zero-order valence-corrected chi connectivity index (χ0v) is 7.81. The molecule has 0 aliphatic heterocycles. The topological polar surface area (TPSA) is 52.9 Å². The van der Waals surface area contributed by atoms with E-state index in [4.69, 9.17) is 16.9 Å². The smallest absolute Gasteiger partial charge is 0.239 e. The number of halogens is 2. The molecule has 72 valence electrons. The minimum absolute atomic E-state index is 0.0327. The van der Waals surface area contributed by atoms with Crippen LogP contribution in [0, 0.1) is 17.1 Å². The molecule has 0 saturated heterocycles. The van der Waals surface area contributed by atoms with Crippen molar-refractivity contribution in [1.29, 1.82) is 5.26 Å². The molecule has 1 aromatic rings. The molecule has 0 radical (unpaired) electrons. The lowest BCUT2D eigenvalue weighted by atomic mass is 10.2. The van der Waals surface area contributed by atoms with Crippen LogP contribution in [0.4, 0.5) is 10.1 Å². The van der Waals surface area contributed by atoms with Crippen LogP contribution < -0.4 is 5.32 Å². The van der Waals surface area contributed by atoms with E-state index in [0.29, 0.717) is 0 Å². The van der Waals surface area contributed by atoms with Crippen LogP contribution >= 0.6 is 11.6 Å². The number of anilines is 1. The Kier molecular flexibility index (Phi) is 3.43. The summed E-state index contributed by atoms with van der Waals surface area (Å²) in [5, 5.41) is 10.8. The van der Waals surface area contributed by atoms with Gasteiger partial charge in [-0.2, -0.15) is 5.26 Å². The summed E-state index contributed by atoms with van der Waals surface area (Å²) < 4.78 is 13.0. The largest absolute Gasteiger partial charge is 0.323 e. The van der Waals surface area contributed by atoms with Crippen LogP contribution in [0.1, 0.15) is 5.56 Å². The zero-order chi connectivity index (χ0) is 10.6. The number of rotatable bonds is 2. The van der Waals surface area contributed by atoms with Crippen molar-refractivity contribution < 1.29 is 9.18 Å². The van der Waals surface area contributed by atoms with Crippen LogP contribution in [0.2, 0.25) is 0 Å². The molecule has 3 nitrogen and oxygen atoms in total. The van der Waals surface area contributed by atoms with E-state index in [0.717, 1.165) is 6.07 Å². The molecule has 1 aromatic carbocycles. The van der Waals surface area contributed by atoms with E-state index in [9.17, 15) is 9.18 Å². The second kappa shape index (κ2) is 4.58. The molecule has 0 unspecified atom stereocenters. The third-order valence-corrected chi connectivity index (χ3v) is 1.73. The Hall–Kier alpha value is -1.60. The summed E-state index contributed by atoms with van der Waals surface area (Å²) in [4.78, 5) is 10.8. The maximum Gasteiger partial charge on any atom is 0.239 e. The highest BCUT2D eigenvalue weighted by atomic mass is 35.5. The standard InChI is InChI=1S/C9H6ClFN2O/c10-4-9(14)13-8-3-6(5-12)1-2-7(8)11/h1-3H,4H2,(H,13,14). The maximum atomic E-state index is 13.0. The highest BCUT2D eigenvalue weighted by molar-refractivity contribution is 6.29. The summed E-state index contributed by atoms with van der Waals surface area (Å²) in [6.07, 6.45) is 0. The molecular formula is C9H6ClFN2O. The Bertz CT molecular complexity index is 400. The fourth-order valence-corrected chi connectivity index (χ4v) is 0.941. The van der Waals surface area contributed by atoms with Gasteiger partial charge in [-0.25, -0.2) is 4.39 Å². The van der Waals surface area contributed by atoms with Crippen LogP contribution in [0.15, 0.2) is 18.2 Å². The van der Waals surface area contributed by atoms with Gasteiger partial charge in [0.25, 0.3) is 0 Å². The van der Waals surface area contributed by atoms with Gasteiger partial charge < -0.3 is 5.32 Å². The number of benzene rings is 1. The predicted octanol–water partition coefficient (Wildman–Crippen LogP) is 1.87. The molecular weight excluding hydrogens is 207 g/mol. The third kappa shape index (κ3) is 2.44. The van der Waals surface area contributed by atoms with E-state index in [1.807, 2.05) is 6.07 Å². The van der Waals surface area contributed by atoms with Gasteiger partial charge >= 0.3 is 0 Å². The van der Waals surface area contributed by atoms with Crippen LogP contribution in [-0.4, -0.2) is 11.8 Å². The van der Waals surface area contributed by atoms with Crippen LogP contribution in [0.3, 0.4) is 0 Å². The lowest BCUT2D eigenvalue weighted by molar-refractivity contribution is -0.113. The minimum Gasteiger partial charge on any atom is -0.323 e. The lowest BCUT2D eigenvalue weighted by Crippen LogP contribution is -2.13. The number of carbonyl (C=O) groups excluding carboxylic acids is 1. The first-order chi connectivity index (χ1) is 6.67. The highest BCUT2D eigenvalue weighted by Gasteiger charge is 2.06. The molecule has 0 atom stereocenters. The van der Waals surface area contributed by atoms with Gasteiger partial charge in [0.05, 0.1) is 17.3 Å². The summed E-state index contributed by atoms with van der Waals surface area (Å²) in [7, 11) is 0. The van der Waals surface area contributed by atoms with Crippen molar-refractivity contribution in [3.05, 3.63) is 29.6 Å². The monoisotopic (exact) mass is 212 g/mol. The number of amides is 1. The molecule has 0 aliphatic carbocycles. The van der Waals surface area contributed by atoms with E-state index in [1.54, 1.807) is 0 Å². The first-order valence-corrected chi connectivity index (χ1v) is 4.26. The SMILES string of the molecule is N#Cc1ccc(F)c(NC(=O)CCl)c1. The summed E-state index contributed by atoms with van der Waals surface area (Å²) in [6, 6.07) is 5.52. The van der Waals surface area contributed by atoms with Gasteiger partial charge in [-0.05, 0) is 18.2 Å². The summed E-state index contributed by atoms with van der Waals surface area (Å²) in [6.45, 7) is 0. The summed E-state index contributed by atoms with van der Waals surface area (Å²) in [5.41, 5.74) is 0.242. The average molecular weight is 213 g/mol. The number of nitrogens with one attached hydrogen (secondary N) is 1. The second-order valence-electron chi connectivity index (χ2n) is 2.49. The molecule has 0 aliphatic rings. The van der Waals surface area contributed by atoms with Crippen molar-refractivity contribution in [1.82, 2.24) is 0 Å². The van der Waals surface area contributed by atoms with Gasteiger partial charge in [0.2, 0.25) is 5.91 Å². The Morgan fingerprint density at radius 3 is 2.93 bits per heavy atom. The molecule has 0 fully saturated rings.